The highest BCUT2D eigenvalue weighted by atomic mass is 16.4. The van der Waals surface area contributed by atoms with E-state index in [4.69, 9.17) is 7.85 Å². The summed E-state index contributed by atoms with van der Waals surface area (Å²) in [5.74, 6) is -1.28. The van der Waals surface area contributed by atoms with Crippen molar-refractivity contribution in [3.05, 3.63) is 12.2 Å². The lowest BCUT2D eigenvalue weighted by Crippen LogP contribution is -1.92. The van der Waals surface area contributed by atoms with Crippen LogP contribution < -0.4 is 0 Å². The third kappa shape index (κ3) is 1.52. The SMILES string of the molecule is [2H]C([2H])C(=C)C(=O)O. The van der Waals surface area contributed by atoms with Crippen LogP contribution in [0.25, 0.3) is 0 Å². The Morgan fingerprint density at radius 3 is 2.67 bits per heavy atom. The van der Waals surface area contributed by atoms with E-state index in [9.17, 15) is 4.79 Å². The van der Waals surface area contributed by atoms with Gasteiger partial charge in [-0.15, -0.1) is 0 Å². The summed E-state index contributed by atoms with van der Waals surface area (Å²) in [7, 11) is 0. The Bertz CT molecular complexity index is 119. The molecule has 0 spiro atoms. The van der Waals surface area contributed by atoms with E-state index in [1.54, 1.807) is 0 Å². The quantitative estimate of drug-likeness (QED) is 0.478. The summed E-state index contributed by atoms with van der Waals surface area (Å²) in [5, 5.41) is 8.01. The summed E-state index contributed by atoms with van der Waals surface area (Å²) in [4.78, 5) is 9.80. The van der Waals surface area contributed by atoms with Gasteiger partial charge in [0, 0.05) is 8.31 Å². The molecule has 0 heterocycles. The van der Waals surface area contributed by atoms with Crippen molar-refractivity contribution >= 4 is 5.97 Å². The van der Waals surface area contributed by atoms with Crippen LogP contribution in [0.4, 0.5) is 0 Å². The van der Waals surface area contributed by atoms with E-state index in [0.717, 1.165) is 0 Å². The molecule has 0 aliphatic heterocycles. The average Bonchev–Trinajstić information content (AvgIpc) is 1.64. The number of carboxylic acids is 1. The van der Waals surface area contributed by atoms with Gasteiger partial charge in [-0.1, -0.05) is 6.58 Å². The van der Waals surface area contributed by atoms with Gasteiger partial charge in [0.2, 0.25) is 0 Å². The van der Waals surface area contributed by atoms with Crippen LogP contribution in [0.3, 0.4) is 0 Å². The third-order valence-corrected chi connectivity index (χ3v) is 0.275. The molecule has 0 aliphatic carbocycles. The maximum atomic E-state index is 9.80. The van der Waals surface area contributed by atoms with Crippen LogP contribution >= 0.6 is 0 Å². The highest BCUT2D eigenvalue weighted by Gasteiger charge is 1.90. The van der Waals surface area contributed by atoms with E-state index in [1.807, 2.05) is 0 Å². The van der Waals surface area contributed by atoms with Crippen molar-refractivity contribution in [1.29, 1.82) is 0 Å². The Kier molecular flexibility index (Phi) is 0.638. The van der Waals surface area contributed by atoms with Gasteiger partial charge in [-0.2, -0.15) is 0 Å². The molecule has 0 fully saturated rings. The number of carboxylic acid groups (broad SMARTS) is 1. The summed E-state index contributed by atoms with van der Waals surface area (Å²) >= 11 is 0. The van der Waals surface area contributed by atoms with Crippen LogP contribution in [0.5, 0.6) is 0 Å². The third-order valence-electron chi connectivity index (χ3n) is 0.275. The molecule has 0 aliphatic rings. The van der Waals surface area contributed by atoms with Crippen molar-refractivity contribution in [2.75, 3.05) is 0 Å². The van der Waals surface area contributed by atoms with Crippen LogP contribution in [0.1, 0.15) is 9.62 Å². The molecule has 0 bridgehead atoms. The minimum atomic E-state index is -1.45. The minimum absolute atomic E-state index is 0.398. The van der Waals surface area contributed by atoms with Gasteiger partial charge in [0.05, 0.1) is 0 Å². The first-order chi connectivity index (χ1) is 3.55. The predicted molar refractivity (Wildman–Crippen MR) is 22.4 cm³/mol. The minimum Gasteiger partial charge on any atom is -0.478 e. The van der Waals surface area contributed by atoms with Gasteiger partial charge in [-0.3, -0.25) is 0 Å². The zero-order valence-corrected chi connectivity index (χ0v) is 3.14. The molecule has 2 heteroatoms. The van der Waals surface area contributed by atoms with Gasteiger partial charge in [0.15, 0.2) is 0 Å². The van der Waals surface area contributed by atoms with Crippen molar-refractivity contribution in [3.8, 4) is 0 Å². The summed E-state index contributed by atoms with van der Waals surface area (Å²) in [6.07, 6.45) is 0. The summed E-state index contributed by atoms with van der Waals surface area (Å²) in [6, 6.07) is 0. The lowest BCUT2D eigenvalue weighted by molar-refractivity contribution is -0.132. The molecule has 6 heavy (non-hydrogen) atoms. The zero-order valence-electron chi connectivity index (χ0n) is 5.14. The number of rotatable bonds is 1. The molecular formula is C4H6O2. The van der Waals surface area contributed by atoms with E-state index in [0.29, 0.717) is 0 Å². The van der Waals surface area contributed by atoms with Crippen LogP contribution in [0, 0.1) is 0 Å². The fourth-order valence-corrected chi connectivity index (χ4v) is 0. The standard InChI is InChI=1S/C4H6O2/c1-3(2)4(5)6/h1H2,2H3,(H,5,6)/i2D2. The van der Waals surface area contributed by atoms with Gasteiger partial charge in [0.25, 0.3) is 0 Å². The number of hydrogen-bond acceptors (Lipinski definition) is 1. The molecule has 0 radical (unpaired) electrons. The van der Waals surface area contributed by atoms with Gasteiger partial charge >= 0.3 is 5.97 Å². The zero-order chi connectivity index (χ0) is 6.73. The maximum Gasteiger partial charge on any atom is 0.330 e. The van der Waals surface area contributed by atoms with Crippen LogP contribution in [-0.4, -0.2) is 11.1 Å². The Balaban J connectivity index is 3.84. The van der Waals surface area contributed by atoms with Crippen molar-refractivity contribution in [3.63, 3.8) is 0 Å². The predicted octanol–water partition coefficient (Wildman–Crippen LogP) is 0.647. The first-order valence-corrected chi connectivity index (χ1v) is 1.32. The number of hydrogen-bond donors (Lipinski definition) is 1. The molecular weight excluding hydrogens is 80.0 g/mol. The fraction of sp³-hybridized carbons (Fsp3) is 0.250. The van der Waals surface area contributed by atoms with Crippen LogP contribution in [0.15, 0.2) is 12.2 Å². The van der Waals surface area contributed by atoms with E-state index >= 15 is 0 Å². The Hall–Kier alpha value is -0.790. The maximum absolute atomic E-state index is 9.80. The first kappa shape index (κ1) is 2.39. The van der Waals surface area contributed by atoms with Crippen LogP contribution in [0.2, 0.25) is 0 Å². The Morgan fingerprint density at radius 2 is 2.67 bits per heavy atom. The van der Waals surface area contributed by atoms with Gasteiger partial charge < -0.3 is 5.11 Å². The summed E-state index contributed by atoms with van der Waals surface area (Å²) in [5.41, 5.74) is -0.398. The largest absolute Gasteiger partial charge is 0.478 e. The highest BCUT2D eigenvalue weighted by Crippen LogP contribution is 1.81. The molecule has 0 aromatic carbocycles. The molecule has 0 unspecified atom stereocenters. The molecule has 0 aromatic heterocycles. The molecule has 0 atom stereocenters. The molecule has 0 amide bonds. The van der Waals surface area contributed by atoms with Gasteiger partial charge in [-0.25, -0.2) is 4.79 Å². The highest BCUT2D eigenvalue weighted by molar-refractivity contribution is 5.84. The summed E-state index contributed by atoms with van der Waals surface area (Å²) < 4.78 is 13.0. The smallest absolute Gasteiger partial charge is 0.330 e. The number of aliphatic carboxylic acids is 1. The molecule has 0 rings (SSSR count). The Labute approximate surface area is 38.9 Å². The molecule has 0 saturated carbocycles. The van der Waals surface area contributed by atoms with Crippen molar-refractivity contribution in [2.45, 2.75) is 6.88 Å². The van der Waals surface area contributed by atoms with Crippen molar-refractivity contribution in [1.82, 2.24) is 0 Å². The van der Waals surface area contributed by atoms with Crippen LogP contribution in [-0.2, 0) is 4.79 Å². The van der Waals surface area contributed by atoms with E-state index in [-0.39, 0.29) is 0 Å². The van der Waals surface area contributed by atoms with Gasteiger partial charge in [-0.05, 0) is 6.88 Å². The monoisotopic (exact) mass is 88.0 g/mol. The average molecular weight is 88.1 g/mol. The number of carbonyl (C=O) groups is 1. The molecule has 2 nitrogen and oxygen atoms in total. The second-order valence-electron chi connectivity index (χ2n) is 0.830. The van der Waals surface area contributed by atoms with E-state index in [2.05, 4.69) is 6.58 Å². The summed E-state index contributed by atoms with van der Waals surface area (Å²) in [6.45, 7) is 1.53. The van der Waals surface area contributed by atoms with Crippen molar-refractivity contribution < 1.29 is 12.6 Å². The van der Waals surface area contributed by atoms with E-state index in [1.165, 1.54) is 0 Å². The van der Waals surface area contributed by atoms with E-state index < -0.39 is 18.4 Å². The molecule has 1 N–H and O–H groups in total. The second-order valence-corrected chi connectivity index (χ2v) is 0.830. The normalized spacial score (nSPS) is 12.8. The fourth-order valence-electron chi connectivity index (χ4n) is 0. The topological polar surface area (TPSA) is 37.3 Å². The Morgan fingerprint density at radius 1 is 2.17 bits per heavy atom. The lowest BCUT2D eigenvalue weighted by atomic mass is 10.4. The molecule has 0 aromatic rings. The second kappa shape index (κ2) is 1.60. The van der Waals surface area contributed by atoms with Crippen molar-refractivity contribution in [2.24, 2.45) is 0 Å². The lowest BCUT2D eigenvalue weighted by Gasteiger charge is -1.79. The molecule has 34 valence electrons. The van der Waals surface area contributed by atoms with Gasteiger partial charge in [0.1, 0.15) is 0 Å². The molecule has 0 saturated heterocycles. The first-order valence-electron chi connectivity index (χ1n) is 2.47.